The molecule has 180 valence electrons. The molecule has 0 aliphatic carbocycles. The summed E-state index contributed by atoms with van der Waals surface area (Å²) >= 11 is 2.53. The number of aliphatic carboxylic acids is 2. The zero-order chi connectivity index (χ0) is 25.1. The maximum Gasteiger partial charge on any atom is 0.490 e. The Balaban J connectivity index is 0.000000479. The quantitative estimate of drug-likeness (QED) is 0.324. The van der Waals surface area contributed by atoms with Crippen LogP contribution in [0.3, 0.4) is 0 Å². The summed E-state index contributed by atoms with van der Waals surface area (Å²) in [6.45, 7) is 1.15. The van der Waals surface area contributed by atoms with Crippen LogP contribution in [-0.2, 0) is 28.7 Å². The zero-order valence-corrected chi connectivity index (χ0v) is 18.1. The average Bonchev–Trinajstić information content (AvgIpc) is 3.24. The molecule has 11 nitrogen and oxygen atoms in total. The van der Waals surface area contributed by atoms with Gasteiger partial charge < -0.3 is 26.0 Å². The molecule has 0 bridgehead atoms. The van der Waals surface area contributed by atoms with Gasteiger partial charge in [-0.3, -0.25) is 19.3 Å². The largest absolute Gasteiger partial charge is 0.490 e. The second-order valence-electron chi connectivity index (χ2n) is 6.36. The number of carbonyl (C=O) groups excluding carboxylic acids is 3. The Bertz CT molecular complexity index is 996. The molecule has 5 N–H and O–H groups in total. The fraction of sp³-hybridized carbons (Fsp3) is 0.353. The van der Waals surface area contributed by atoms with Crippen LogP contribution in [0.25, 0.3) is 0 Å². The minimum atomic E-state index is -5.08. The van der Waals surface area contributed by atoms with Gasteiger partial charge in [0.05, 0.1) is 5.75 Å². The van der Waals surface area contributed by atoms with Crippen molar-refractivity contribution < 1.29 is 52.1 Å². The average molecular weight is 511 g/mol. The molecule has 1 aromatic heterocycles. The van der Waals surface area contributed by atoms with Crippen molar-refractivity contribution in [1.82, 2.24) is 10.2 Å². The Kier molecular flexibility index (Phi) is 8.10. The molecule has 1 fully saturated rings. The molecule has 0 saturated carbocycles. The third-order valence-electron chi connectivity index (χ3n) is 4.08. The van der Waals surface area contributed by atoms with Crippen LogP contribution < -0.4 is 11.1 Å². The number of β-lactam (4-membered cyclic amide) rings is 1. The number of nitrogens with one attached hydrogen (secondary N) is 1. The van der Waals surface area contributed by atoms with Crippen LogP contribution in [-0.4, -0.2) is 68.2 Å². The number of ether oxygens (including phenoxy) is 1. The second kappa shape index (κ2) is 10.2. The third kappa shape index (κ3) is 6.02. The molecule has 2 amide bonds. The van der Waals surface area contributed by atoms with Crippen LogP contribution in [0.4, 0.5) is 13.2 Å². The Hall–Kier alpha value is -3.11. The van der Waals surface area contributed by atoms with Gasteiger partial charge >= 0.3 is 24.1 Å². The van der Waals surface area contributed by atoms with Crippen molar-refractivity contribution in [3.8, 4) is 0 Å². The number of carboxylic acids is 2. The predicted molar refractivity (Wildman–Crippen MR) is 106 cm³/mol. The van der Waals surface area contributed by atoms with Crippen molar-refractivity contribution in [3.05, 3.63) is 33.8 Å². The van der Waals surface area contributed by atoms with Gasteiger partial charge in [0.2, 0.25) is 5.91 Å². The number of alkyl halides is 3. The van der Waals surface area contributed by atoms with Gasteiger partial charge in [-0.25, -0.2) is 9.59 Å². The van der Waals surface area contributed by atoms with Gasteiger partial charge in [0.1, 0.15) is 23.2 Å². The highest BCUT2D eigenvalue weighted by molar-refractivity contribution is 8.00. The molecular weight excluding hydrogens is 495 g/mol. The minimum absolute atomic E-state index is 0.0836. The van der Waals surface area contributed by atoms with Gasteiger partial charge in [0, 0.05) is 11.8 Å². The Morgan fingerprint density at radius 3 is 2.36 bits per heavy atom. The molecule has 2 aliphatic rings. The Morgan fingerprint density at radius 1 is 1.30 bits per heavy atom. The van der Waals surface area contributed by atoms with E-state index in [9.17, 15) is 37.5 Å². The van der Waals surface area contributed by atoms with Gasteiger partial charge in [-0.05, 0) is 11.4 Å². The first kappa shape index (κ1) is 26.1. The van der Waals surface area contributed by atoms with Crippen molar-refractivity contribution in [1.29, 1.82) is 0 Å². The Morgan fingerprint density at radius 2 is 1.91 bits per heavy atom. The van der Waals surface area contributed by atoms with Crippen molar-refractivity contribution in [2.45, 2.75) is 30.6 Å². The van der Waals surface area contributed by atoms with E-state index in [1.54, 1.807) is 17.5 Å². The number of esters is 1. The molecule has 2 aliphatic heterocycles. The molecule has 2 unspecified atom stereocenters. The van der Waals surface area contributed by atoms with Crippen LogP contribution in [0, 0.1) is 0 Å². The molecule has 3 atom stereocenters. The summed E-state index contributed by atoms with van der Waals surface area (Å²) in [5, 5.41) is 20.3. The summed E-state index contributed by atoms with van der Waals surface area (Å²) in [5.74, 6) is -5.89. The van der Waals surface area contributed by atoms with Crippen LogP contribution in [0.1, 0.15) is 17.8 Å². The molecule has 16 heteroatoms. The first-order chi connectivity index (χ1) is 15.3. The predicted octanol–water partition coefficient (Wildman–Crippen LogP) is 0.640. The van der Waals surface area contributed by atoms with Crippen LogP contribution >= 0.6 is 23.1 Å². The number of thiophene rings is 1. The van der Waals surface area contributed by atoms with E-state index in [2.05, 4.69) is 5.32 Å². The van der Waals surface area contributed by atoms with E-state index in [4.69, 9.17) is 20.4 Å². The van der Waals surface area contributed by atoms with Gasteiger partial charge in [0.15, 0.2) is 5.70 Å². The molecule has 33 heavy (non-hydrogen) atoms. The topological polar surface area (TPSA) is 176 Å². The standard InChI is InChI=1S/C15H15N3O6S2.C2HF3O2/c1-6(19)24-7-5-26-14-10(13(21)18(14)11(7)15(22)23)17-12(20)9(16)8-3-2-4-25-8;3-2(4,5)1(6)7/h2-4,9-10,14H,5,16H2,1H3,(H,17,20)(H,22,23);(H,6,7)/t9?,10?,14-;/m0./s1. The molecular formula is C17H16F3N3O8S2. The number of carboxylic acid groups (broad SMARTS) is 2. The SMILES string of the molecule is CC(=O)OC1=C(C(=O)O)N2C(=O)C(NC(=O)C(N)c3cccs3)[C@@H]2SC1.O=C(O)C(F)(F)F. The summed E-state index contributed by atoms with van der Waals surface area (Å²) in [7, 11) is 0. The fourth-order valence-electron chi connectivity index (χ4n) is 2.68. The van der Waals surface area contributed by atoms with Crippen molar-refractivity contribution in [2.24, 2.45) is 5.73 Å². The van der Waals surface area contributed by atoms with E-state index in [-0.39, 0.29) is 17.2 Å². The van der Waals surface area contributed by atoms with E-state index in [1.807, 2.05) is 0 Å². The van der Waals surface area contributed by atoms with Gasteiger partial charge in [-0.2, -0.15) is 13.2 Å². The molecule has 1 saturated heterocycles. The number of thioether (sulfide) groups is 1. The smallest absolute Gasteiger partial charge is 0.476 e. The molecule has 0 spiro atoms. The first-order valence-electron chi connectivity index (χ1n) is 8.74. The van der Waals surface area contributed by atoms with Gasteiger partial charge in [-0.15, -0.1) is 23.1 Å². The molecule has 1 aromatic rings. The molecule has 0 radical (unpaired) electrons. The number of rotatable bonds is 5. The summed E-state index contributed by atoms with van der Waals surface area (Å²) in [4.78, 5) is 57.9. The lowest BCUT2D eigenvalue weighted by atomic mass is 10.0. The normalized spacial score (nSPS) is 20.5. The summed E-state index contributed by atoms with van der Waals surface area (Å²) in [5.41, 5.74) is 5.51. The van der Waals surface area contributed by atoms with Crippen LogP contribution in [0.15, 0.2) is 29.0 Å². The van der Waals surface area contributed by atoms with E-state index in [0.29, 0.717) is 4.88 Å². The zero-order valence-electron chi connectivity index (χ0n) is 16.5. The van der Waals surface area contributed by atoms with Crippen molar-refractivity contribution in [2.75, 3.05) is 5.75 Å². The fourth-order valence-corrected chi connectivity index (χ4v) is 4.66. The van der Waals surface area contributed by atoms with Gasteiger partial charge in [0.25, 0.3) is 5.91 Å². The molecule has 3 heterocycles. The summed E-state index contributed by atoms with van der Waals surface area (Å²) in [6.07, 6.45) is -5.08. The monoisotopic (exact) mass is 511 g/mol. The number of halogens is 3. The highest BCUT2D eigenvalue weighted by Crippen LogP contribution is 2.40. The van der Waals surface area contributed by atoms with Crippen molar-refractivity contribution in [3.63, 3.8) is 0 Å². The Labute approximate surface area is 191 Å². The summed E-state index contributed by atoms with van der Waals surface area (Å²) in [6, 6.07) is 1.69. The van der Waals surface area contributed by atoms with E-state index < -0.39 is 53.4 Å². The summed E-state index contributed by atoms with van der Waals surface area (Å²) < 4.78 is 36.6. The highest BCUT2D eigenvalue weighted by Gasteiger charge is 2.55. The number of amides is 2. The van der Waals surface area contributed by atoms with Crippen LogP contribution in [0.5, 0.6) is 0 Å². The molecule has 3 rings (SSSR count). The van der Waals surface area contributed by atoms with Crippen molar-refractivity contribution >= 4 is 52.8 Å². The van der Waals surface area contributed by atoms with Crippen LogP contribution in [0.2, 0.25) is 0 Å². The number of hydrogen-bond donors (Lipinski definition) is 4. The molecule has 0 aromatic carbocycles. The number of nitrogens with two attached hydrogens (primary N) is 1. The highest BCUT2D eigenvalue weighted by atomic mass is 32.2. The number of fused-ring (bicyclic) bond motifs is 1. The first-order valence-corrected chi connectivity index (χ1v) is 10.7. The second-order valence-corrected chi connectivity index (χ2v) is 8.45. The lowest BCUT2D eigenvalue weighted by molar-refractivity contribution is -0.192. The maximum absolute atomic E-state index is 12.4. The minimum Gasteiger partial charge on any atom is -0.476 e. The number of hydrogen-bond acceptors (Lipinski definition) is 9. The lowest BCUT2D eigenvalue weighted by Crippen LogP contribution is -2.71. The number of carbonyl (C=O) groups is 5. The van der Waals surface area contributed by atoms with E-state index in [0.717, 1.165) is 11.8 Å². The third-order valence-corrected chi connectivity index (χ3v) is 6.28. The maximum atomic E-state index is 12.4. The van der Waals surface area contributed by atoms with Gasteiger partial charge in [-0.1, -0.05) is 6.07 Å². The number of nitrogens with zero attached hydrogens (tertiary/aromatic N) is 1. The lowest BCUT2D eigenvalue weighted by Gasteiger charge is -2.49. The van der Waals surface area contributed by atoms with E-state index in [1.165, 1.54) is 23.1 Å². The van der Waals surface area contributed by atoms with E-state index >= 15 is 0 Å².